The Bertz CT molecular complexity index is 463. The van der Waals surface area contributed by atoms with Crippen molar-refractivity contribution in [3.63, 3.8) is 0 Å². The number of carbonyl (C=O) groups is 1. The van der Waals surface area contributed by atoms with Crippen LogP contribution >= 0.6 is 0 Å². The number of aliphatic hydroxyl groups is 1. The van der Waals surface area contributed by atoms with E-state index in [1.165, 1.54) is 5.56 Å². The predicted octanol–water partition coefficient (Wildman–Crippen LogP) is 1.24. The largest absolute Gasteiger partial charge is 0.388 e. The molecule has 4 nitrogen and oxygen atoms in total. The number of rotatable bonds is 4. The minimum absolute atomic E-state index is 0.00579. The van der Waals surface area contributed by atoms with Crippen molar-refractivity contribution in [1.29, 1.82) is 0 Å². The Morgan fingerprint density at radius 1 is 1.47 bits per heavy atom. The molecule has 2 N–H and O–H groups in total. The number of amides is 1. The Morgan fingerprint density at radius 3 is 2.68 bits per heavy atom. The molecule has 1 amide bonds. The van der Waals surface area contributed by atoms with Crippen LogP contribution < -0.4 is 5.32 Å². The van der Waals surface area contributed by atoms with Crippen LogP contribution in [0.15, 0.2) is 24.3 Å². The molecule has 1 unspecified atom stereocenters. The summed E-state index contributed by atoms with van der Waals surface area (Å²) in [5.41, 5.74) is 1.70. The quantitative estimate of drug-likeness (QED) is 0.858. The second-order valence-electron chi connectivity index (χ2n) is 5.79. The highest BCUT2D eigenvalue weighted by atomic mass is 16.3. The summed E-state index contributed by atoms with van der Waals surface area (Å²) in [7, 11) is 0. The van der Waals surface area contributed by atoms with Gasteiger partial charge in [0.1, 0.15) is 0 Å². The Balaban J connectivity index is 1.84. The topological polar surface area (TPSA) is 52.6 Å². The lowest BCUT2D eigenvalue weighted by atomic mass is 9.97. The maximum absolute atomic E-state index is 11.9. The number of carbonyl (C=O) groups excluding carboxylic acids is 1. The summed E-state index contributed by atoms with van der Waals surface area (Å²) in [6.07, 6.45) is 0. The second kappa shape index (κ2) is 5.31. The minimum atomic E-state index is -0.623. The Morgan fingerprint density at radius 2 is 2.11 bits per heavy atom. The molecule has 1 aliphatic rings. The third kappa shape index (κ3) is 3.55. The first kappa shape index (κ1) is 14.0. The van der Waals surface area contributed by atoms with Crippen molar-refractivity contribution < 1.29 is 9.90 Å². The third-order valence-electron chi connectivity index (χ3n) is 3.53. The molecule has 0 spiro atoms. The Labute approximate surface area is 114 Å². The lowest BCUT2D eigenvalue weighted by molar-refractivity contribution is -0.130. The van der Waals surface area contributed by atoms with Crippen molar-refractivity contribution in [3.05, 3.63) is 35.4 Å². The van der Waals surface area contributed by atoms with Crippen molar-refractivity contribution >= 4 is 5.91 Å². The van der Waals surface area contributed by atoms with E-state index < -0.39 is 5.60 Å². The molecule has 0 radical (unpaired) electrons. The fraction of sp³-hybridized carbons (Fsp3) is 0.533. The van der Waals surface area contributed by atoms with Gasteiger partial charge in [-0.25, -0.2) is 0 Å². The van der Waals surface area contributed by atoms with Crippen LogP contribution in [0.1, 0.15) is 31.0 Å². The van der Waals surface area contributed by atoms with Crippen LogP contribution in [0.2, 0.25) is 0 Å². The van der Waals surface area contributed by atoms with Gasteiger partial charge in [0, 0.05) is 13.1 Å². The van der Waals surface area contributed by atoms with Crippen LogP contribution in [-0.4, -0.2) is 41.1 Å². The van der Waals surface area contributed by atoms with E-state index in [9.17, 15) is 9.90 Å². The maximum atomic E-state index is 11.9. The van der Waals surface area contributed by atoms with Crippen LogP contribution in [0.25, 0.3) is 0 Å². The Hall–Kier alpha value is -1.39. The van der Waals surface area contributed by atoms with E-state index >= 15 is 0 Å². The van der Waals surface area contributed by atoms with Crippen molar-refractivity contribution in [2.24, 2.45) is 0 Å². The first-order chi connectivity index (χ1) is 8.87. The second-order valence-corrected chi connectivity index (χ2v) is 5.79. The zero-order valence-corrected chi connectivity index (χ0v) is 11.8. The number of benzene rings is 1. The van der Waals surface area contributed by atoms with Gasteiger partial charge in [-0.2, -0.15) is 0 Å². The maximum Gasteiger partial charge on any atom is 0.234 e. The summed E-state index contributed by atoms with van der Waals surface area (Å²) in [5.74, 6) is 0.00579. The molecule has 0 aliphatic carbocycles. The SMILES string of the molecule is Cc1ccccc1C(C)NC(=O)CN1CC(C)(O)C1. The van der Waals surface area contributed by atoms with Gasteiger partial charge in [-0.3, -0.25) is 9.69 Å². The van der Waals surface area contributed by atoms with Crippen LogP contribution in [0.3, 0.4) is 0 Å². The molecule has 19 heavy (non-hydrogen) atoms. The van der Waals surface area contributed by atoms with Gasteiger partial charge >= 0.3 is 0 Å². The van der Waals surface area contributed by atoms with Gasteiger partial charge in [-0.15, -0.1) is 0 Å². The van der Waals surface area contributed by atoms with Gasteiger partial charge in [0.25, 0.3) is 0 Å². The summed E-state index contributed by atoms with van der Waals surface area (Å²) in [4.78, 5) is 13.9. The molecule has 1 fully saturated rings. The smallest absolute Gasteiger partial charge is 0.234 e. The number of hydrogen-bond donors (Lipinski definition) is 2. The molecule has 4 heteroatoms. The Kier molecular flexibility index (Phi) is 3.92. The van der Waals surface area contributed by atoms with E-state index in [0.717, 1.165) is 5.56 Å². The minimum Gasteiger partial charge on any atom is -0.388 e. The molecule has 0 aromatic heterocycles. The molecule has 1 heterocycles. The lowest BCUT2D eigenvalue weighted by Crippen LogP contribution is -2.61. The molecule has 104 valence electrons. The van der Waals surface area contributed by atoms with Gasteiger partial charge in [0.15, 0.2) is 0 Å². The normalized spacial score (nSPS) is 19.6. The van der Waals surface area contributed by atoms with Crippen LogP contribution in [-0.2, 0) is 4.79 Å². The summed E-state index contributed by atoms with van der Waals surface area (Å²) in [6, 6.07) is 8.07. The third-order valence-corrected chi connectivity index (χ3v) is 3.53. The zero-order chi connectivity index (χ0) is 14.0. The van der Waals surface area contributed by atoms with Crippen molar-refractivity contribution in [3.8, 4) is 0 Å². The highest BCUT2D eigenvalue weighted by Crippen LogP contribution is 2.20. The van der Waals surface area contributed by atoms with E-state index in [4.69, 9.17) is 0 Å². The zero-order valence-electron chi connectivity index (χ0n) is 11.8. The molecule has 1 aromatic carbocycles. The number of likely N-dealkylation sites (tertiary alicyclic amines) is 1. The number of nitrogens with one attached hydrogen (secondary N) is 1. The summed E-state index contributed by atoms with van der Waals surface area (Å²) < 4.78 is 0. The van der Waals surface area contributed by atoms with Crippen LogP contribution in [0.4, 0.5) is 0 Å². The van der Waals surface area contributed by atoms with E-state index in [0.29, 0.717) is 19.6 Å². The molecule has 0 saturated carbocycles. The fourth-order valence-corrected chi connectivity index (χ4v) is 2.67. The van der Waals surface area contributed by atoms with Crippen molar-refractivity contribution in [1.82, 2.24) is 10.2 Å². The molecule has 1 aliphatic heterocycles. The number of β-amino-alcohol motifs (C(OH)–C–C–N with tert-alkyl or cyclic N) is 1. The molecule has 1 atom stereocenters. The predicted molar refractivity (Wildman–Crippen MR) is 74.8 cm³/mol. The number of aryl methyl sites for hydroxylation is 1. The summed E-state index contributed by atoms with van der Waals surface area (Å²) in [6.45, 7) is 7.32. The average molecular weight is 262 g/mol. The van der Waals surface area contributed by atoms with Gasteiger partial charge in [0.2, 0.25) is 5.91 Å². The molecular formula is C15H22N2O2. The van der Waals surface area contributed by atoms with Gasteiger partial charge in [0.05, 0.1) is 18.2 Å². The van der Waals surface area contributed by atoms with Crippen molar-refractivity contribution in [2.75, 3.05) is 19.6 Å². The monoisotopic (exact) mass is 262 g/mol. The van der Waals surface area contributed by atoms with Crippen LogP contribution in [0, 0.1) is 6.92 Å². The van der Waals surface area contributed by atoms with E-state index in [1.807, 2.05) is 43.0 Å². The van der Waals surface area contributed by atoms with E-state index in [2.05, 4.69) is 5.32 Å². The van der Waals surface area contributed by atoms with Gasteiger partial charge in [-0.1, -0.05) is 24.3 Å². The van der Waals surface area contributed by atoms with Crippen LogP contribution in [0.5, 0.6) is 0 Å². The van der Waals surface area contributed by atoms with Gasteiger partial charge < -0.3 is 10.4 Å². The fourth-order valence-electron chi connectivity index (χ4n) is 2.67. The molecular weight excluding hydrogens is 240 g/mol. The highest BCUT2D eigenvalue weighted by molar-refractivity contribution is 5.78. The lowest BCUT2D eigenvalue weighted by Gasteiger charge is -2.43. The molecule has 1 saturated heterocycles. The molecule has 0 bridgehead atoms. The summed E-state index contributed by atoms with van der Waals surface area (Å²) in [5, 5.41) is 12.6. The molecule has 2 rings (SSSR count). The first-order valence-electron chi connectivity index (χ1n) is 6.67. The number of hydrogen-bond acceptors (Lipinski definition) is 3. The first-order valence-corrected chi connectivity index (χ1v) is 6.67. The standard InChI is InChI=1S/C15H22N2O2/c1-11-6-4-5-7-13(11)12(2)16-14(18)8-17-9-15(3,19)10-17/h4-7,12,19H,8-10H2,1-3H3,(H,16,18). The summed E-state index contributed by atoms with van der Waals surface area (Å²) >= 11 is 0. The highest BCUT2D eigenvalue weighted by Gasteiger charge is 2.37. The number of nitrogens with zero attached hydrogens (tertiary/aromatic N) is 1. The average Bonchev–Trinajstić information content (AvgIpc) is 2.26. The van der Waals surface area contributed by atoms with E-state index in [1.54, 1.807) is 6.92 Å². The van der Waals surface area contributed by atoms with Gasteiger partial charge in [-0.05, 0) is 31.9 Å². The molecule has 1 aromatic rings. The van der Waals surface area contributed by atoms with E-state index in [-0.39, 0.29) is 11.9 Å². The van der Waals surface area contributed by atoms with Crippen molar-refractivity contribution in [2.45, 2.75) is 32.4 Å².